The van der Waals surface area contributed by atoms with Crippen LogP contribution in [-0.4, -0.2) is 35.8 Å². The van der Waals surface area contributed by atoms with E-state index < -0.39 is 18.6 Å². The molecule has 0 aliphatic rings. The van der Waals surface area contributed by atoms with Crippen molar-refractivity contribution in [1.82, 2.24) is 5.32 Å². The van der Waals surface area contributed by atoms with Gasteiger partial charge in [0.2, 0.25) is 6.41 Å². The fourth-order valence-corrected chi connectivity index (χ4v) is 3.46. The number of ether oxygens (including phenoxy) is 1. The zero-order chi connectivity index (χ0) is 24.6. The van der Waals surface area contributed by atoms with Crippen LogP contribution in [0.25, 0.3) is 0 Å². The lowest BCUT2D eigenvalue weighted by molar-refractivity contribution is -0.105. The molecule has 0 radical (unpaired) electrons. The quantitative estimate of drug-likeness (QED) is 0.233. The van der Waals surface area contributed by atoms with E-state index in [-0.39, 0.29) is 29.6 Å². The van der Waals surface area contributed by atoms with Crippen LogP contribution < -0.4 is 15.4 Å². The van der Waals surface area contributed by atoms with Gasteiger partial charge in [-0.05, 0) is 48.7 Å². The number of rotatable bonds is 12. The summed E-state index contributed by atoms with van der Waals surface area (Å²) in [4.78, 5) is 10.6. The van der Waals surface area contributed by atoms with Gasteiger partial charge < -0.3 is 25.6 Å². The van der Waals surface area contributed by atoms with E-state index in [1.54, 1.807) is 36.4 Å². The number of benzene rings is 3. The molecule has 3 rings (SSSR count). The van der Waals surface area contributed by atoms with Crippen molar-refractivity contribution in [3.63, 3.8) is 0 Å². The molecule has 4 N–H and O–H groups in total. The van der Waals surface area contributed by atoms with Crippen molar-refractivity contribution >= 4 is 12.1 Å². The number of halogens is 2. The molecule has 0 fully saturated rings. The molecule has 180 valence electrons. The van der Waals surface area contributed by atoms with Crippen LogP contribution in [0.3, 0.4) is 0 Å². The second-order valence-corrected chi connectivity index (χ2v) is 8.07. The molecule has 8 heteroatoms. The molecule has 0 saturated carbocycles. The molecule has 0 aliphatic heterocycles. The zero-order valence-electron chi connectivity index (χ0n) is 18.7. The molecule has 0 spiro atoms. The second-order valence-electron chi connectivity index (χ2n) is 8.07. The molecule has 0 saturated heterocycles. The highest BCUT2D eigenvalue weighted by atomic mass is 19.3. The number of amides is 1. The lowest BCUT2D eigenvalue weighted by Crippen LogP contribution is -2.32. The maximum Gasteiger partial charge on any atom is 0.306 e. The van der Waals surface area contributed by atoms with Gasteiger partial charge in [0.25, 0.3) is 0 Å². The number of nitrogens with one attached hydrogen (secondary N) is 2. The van der Waals surface area contributed by atoms with Crippen LogP contribution in [-0.2, 0) is 17.1 Å². The summed E-state index contributed by atoms with van der Waals surface area (Å²) in [5, 5.41) is 25.8. The molecular formula is C26H28F2N2O4. The minimum atomic E-state index is -3.08. The molecular weight excluding hydrogens is 442 g/mol. The molecule has 3 aromatic rings. The Kier molecular flexibility index (Phi) is 8.56. The number of carbonyl (C=O) groups is 1. The minimum Gasteiger partial charge on any atom is -0.506 e. The number of alkyl halides is 2. The van der Waals surface area contributed by atoms with Crippen molar-refractivity contribution in [2.24, 2.45) is 0 Å². The Hall–Kier alpha value is -3.49. The lowest BCUT2D eigenvalue weighted by Gasteiger charge is -2.19. The molecule has 3 aromatic carbocycles. The number of aliphatic hydroxyl groups is 1. The number of hydrogen-bond acceptors (Lipinski definition) is 5. The predicted molar refractivity (Wildman–Crippen MR) is 126 cm³/mol. The third-order valence-electron chi connectivity index (χ3n) is 5.36. The van der Waals surface area contributed by atoms with Gasteiger partial charge in [0, 0.05) is 18.2 Å². The molecule has 0 aliphatic carbocycles. The average molecular weight is 471 g/mol. The molecule has 2 atom stereocenters. The van der Waals surface area contributed by atoms with Gasteiger partial charge in [0.15, 0.2) is 6.61 Å². The first kappa shape index (κ1) is 25.1. The summed E-state index contributed by atoms with van der Waals surface area (Å²) >= 11 is 0. The topological polar surface area (TPSA) is 90.8 Å². The Morgan fingerprint density at radius 1 is 1.06 bits per heavy atom. The molecule has 1 amide bonds. The summed E-state index contributed by atoms with van der Waals surface area (Å²) in [6.07, 6.45) is 0.273. The first-order valence-electron chi connectivity index (χ1n) is 10.9. The molecule has 6 nitrogen and oxygen atoms in total. The van der Waals surface area contributed by atoms with Gasteiger partial charge >= 0.3 is 5.92 Å². The van der Waals surface area contributed by atoms with Crippen molar-refractivity contribution < 1.29 is 28.5 Å². The van der Waals surface area contributed by atoms with E-state index in [1.807, 2.05) is 19.1 Å². The standard InChI is InChI=1S/C26H28F2N2O4/c1-18(29-15-25(33)20-9-12-24(32)23(14-20)30-17-31)13-19-7-10-22(11-8-19)34-16-26(27,28)21-5-3-2-4-6-21/h2-12,14,17-18,25,29,32-33H,13,15-16H2,1H3,(H,30,31)/t18?,25-/m1/s1. The third-order valence-corrected chi connectivity index (χ3v) is 5.36. The normalized spacial score (nSPS) is 13.2. The summed E-state index contributed by atoms with van der Waals surface area (Å²) < 4.78 is 33.8. The smallest absolute Gasteiger partial charge is 0.306 e. The maximum absolute atomic E-state index is 14.3. The Bertz CT molecular complexity index is 1060. The van der Waals surface area contributed by atoms with Crippen molar-refractivity contribution in [3.8, 4) is 11.5 Å². The maximum atomic E-state index is 14.3. The van der Waals surface area contributed by atoms with Gasteiger partial charge in [-0.2, -0.15) is 8.78 Å². The van der Waals surface area contributed by atoms with Crippen LogP contribution in [0.1, 0.15) is 29.7 Å². The predicted octanol–water partition coefficient (Wildman–Crippen LogP) is 4.39. The van der Waals surface area contributed by atoms with Gasteiger partial charge in [0.05, 0.1) is 11.8 Å². The highest BCUT2D eigenvalue weighted by Crippen LogP contribution is 2.29. The number of phenolic OH excluding ortho intramolecular Hbond substituents is 1. The van der Waals surface area contributed by atoms with Gasteiger partial charge in [-0.1, -0.05) is 48.5 Å². The van der Waals surface area contributed by atoms with E-state index in [1.165, 1.54) is 24.3 Å². The number of anilines is 1. The van der Waals surface area contributed by atoms with E-state index in [2.05, 4.69) is 10.6 Å². The van der Waals surface area contributed by atoms with E-state index in [0.29, 0.717) is 24.1 Å². The summed E-state index contributed by atoms with van der Waals surface area (Å²) in [7, 11) is 0. The highest BCUT2D eigenvalue weighted by Gasteiger charge is 2.32. The number of aliphatic hydroxyl groups excluding tert-OH is 1. The number of phenols is 1. The first-order chi connectivity index (χ1) is 16.3. The molecule has 0 aromatic heterocycles. The monoisotopic (exact) mass is 470 g/mol. The Morgan fingerprint density at radius 3 is 2.44 bits per heavy atom. The van der Waals surface area contributed by atoms with E-state index in [9.17, 15) is 23.8 Å². The Morgan fingerprint density at radius 2 is 1.76 bits per heavy atom. The molecule has 34 heavy (non-hydrogen) atoms. The van der Waals surface area contributed by atoms with Crippen molar-refractivity contribution in [3.05, 3.63) is 89.5 Å². The second kappa shape index (κ2) is 11.6. The molecule has 1 unspecified atom stereocenters. The van der Waals surface area contributed by atoms with E-state index in [0.717, 1.165) is 5.56 Å². The van der Waals surface area contributed by atoms with Gasteiger partial charge in [-0.25, -0.2) is 0 Å². The van der Waals surface area contributed by atoms with Crippen molar-refractivity contribution in [1.29, 1.82) is 0 Å². The minimum absolute atomic E-state index is 0.0218. The molecule has 0 bridgehead atoms. The fourth-order valence-electron chi connectivity index (χ4n) is 3.46. The number of hydrogen-bond donors (Lipinski definition) is 4. The Balaban J connectivity index is 1.47. The first-order valence-corrected chi connectivity index (χ1v) is 10.9. The van der Waals surface area contributed by atoms with Gasteiger partial charge in [-0.3, -0.25) is 4.79 Å². The Labute approximate surface area is 197 Å². The third kappa shape index (κ3) is 7.00. The average Bonchev–Trinajstić information content (AvgIpc) is 2.84. The summed E-state index contributed by atoms with van der Waals surface area (Å²) in [5.74, 6) is -2.80. The van der Waals surface area contributed by atoms with E-state index in [4.69, 9.17) is 4.74 Å². The SMILES string of the molecule is CC(Cc1ccc(OCC(F)(F)c2ccccc2)cc1)NC[C@@H](O)c1ccc(O)c(NC=O)c1. The fraction of sp³-hybridized carbons (Fsp3) is 0.269. The van der Waals surface area contributed by atoms with Gasteiger partial charge in [0.1, 0.15) is 11.5 Å². The summed E-state index contributed by atoms with van der Waals surface area (Å²) in [6.45, 7) is 1.49. The van der Waals surface area contributed by atoms with Gasteiger partial charge in [-0.15, -0.1) is 0 Å². The lowest BCUT2D eigenvalue weighted by atomic mass is 10.1. The van der Waals surface area contributed by atoms with Crippen LogP contribution in [0.2, 0.25) is 0 Å². The molecule has 0 heterocycles. The van der Waals surface area contributed by atoms with E-state index >= 15 is 0 Å². The van der Waals surface area contributed by atoms with Crippen LogP contribution in [0.15, 0.2) is 72.8 Å². The summed E-state index contributed by atoms with van der Waals surface area (Å²) in [6, 6.07) is 19.1. The van der Waals surface area contributed by atoms with Crippen molar-refractivity contribution in [2.45, 2.75) is 31.4 Å². The van der Waals surface area contributed by atoms with Crippen LogP contribution in [0.5, 0.6) is 11.5 Å². The summed E-state index contributed by atoms with van der Waals surface area (Å²) in [5.41, 5.74) is 1.68. The van der Waals surface area contributed by atoms with Crippen LogP contribution >= 0.6 is 0 Å². The number of aromatic hydroxyl groups is 1. The zero-order valence-corrected chi connectivity index (χ0v) is 18.7. The highest BCUT2D eigenvalue weighted by molar-refractivity contribution is 5.75. The number of carbonyl (C=O) groups excluding carboxylic acids is 1. The largest absolute Gasteiger partial charge is 0.506 e. The van der Waals surface area contributed by atoms with Crippen LogP contribution in [0.4, 0.5) is 14.5 Å². The van der Waals surface area contributed by atoms with Crippen LogP contribution in [0, 0.1) is 0 Å². The van der Waals surface area contributed by atoms with Crippen molar-refractivity contribution in [2.75, 3.05) is 18.5 Å².